The second kappa shape index (κ2) is 17.2. The third-order valence-corrected chi connectivity index (χ3v) is 10.8. The van der Waals surface area contributed by atoms with Gasteiger partial charge in [-0.05, 0) is 92.1 Å². The van der Waals surface area contributed by atoms with Crippen LogP contribution in [0, 0.1) is 6.92 Å². The van der Waals surface area contributed by atoms with E-state index in [1.165, 1.54) is 28.7 Å². The van der Waals surface area contributed by atoms with E-state index in [9.17, 15) is 19.2 Å². The zero-order valence-corrected chi connectivity index (χ0v) is 30.6. The first-order valence-electron chi connectivity index (χ1n) is 17.1. The topological polar surface area (TPSA) is 114 Å². The van der Waals surface area contributed by atoms with Crippen molar-refractivity contribution in [2.75, 3.05) is 23.0 Å². The fourth-order valence-corrected chi connectivity index (χ4v) is 8.23. The van der Waals surface area contributed by atoms with Gasteiger partial charge >= 0.3 is 5.97 Å². The molecule has 3 amide bonds. The van der Waals surface area contributed by atoms with Gasteiger partial charge < -0.3 is 20.7 Å². The SMILES string of the molecule is CCOC(=O)c1c(NC(=O)CSc2cccc(NC(=O)/C(=C\c3cccc(C)c3)NC(=O)c3ccccc3)c2)sc2c1CCC(c1ccccc1)C2. The summed E-state index contributed by atoms with van der Waals surface area (Å²) in [7, 11) is 0. The maximum absolute atomic E-state index is 13.6. The summed E-state index contributed by atoms with van der Waals surface area (Å²) >= 11 is 2.76. The van der Waals surface area contributed by atoms with Crippen LogP contribution in [0.3, 0.4) is 0 Å². The molecule has 1 heterocycles. The van der Waals surface area contributed by atoms with Gasteiger partial charge in [0.2, 0.25) is 5.91 Å². The monoisotopic (exact) mass is 729 g/mol. The number of thioether (sulfide) groups is 1. The number of anilines is 2. The summed E-state index contributed by atoms with van der Waals surface area (Å²) in [6.45, 7) is 3.97. The Morgan fingerprint density at radius 2 is 1.63 bits per heavy atom. The predicted molar refractivity (Wildman–Crippen MR) is 209 cm³/mol. The molecule has 0 saturated carbocycles. The molecular formula is C42H39N3O5S2. The number of nitrogens with one attached hydrogen (secondary N) is 3. The van der Waals surface area contributed by atoms with Gasteiger partial charge in [-0.15, -0.1) is 23.1 Å². The highest BCUT2D eigenvalue weighted by Crippen LogP contribution is 2.43. The summed E-state index contributed by atoms with van der Waals surface area (Å²) in [6, 6.07) is 33.9. The Bertz CT molecular complexity index is 2110. The highest BCUT2D eigenvalue weighted by Gasteiger charge is 2.31. The minimum absolute atomic E-state index is 0.0838. The Morgan fingerprint density at radius 1 is 0.885 bits per heavy atom. The van der Waals surface area contributed by atoms with Crippen molar-refractivity contribution in [3.63, 3.8) is 0 Å². The van der Waals surface area contributed by atoms with Crippen molar-refractivity contribution >= 4 is 63.6 Å². The number of amides is 3. The summed E-state index contributed by atoms with van der Waals surface area (Å²) in [5.74, 6) is -1.13. The van der Waals surface area contributed by atoms with Gasteiger partial charge in [0.15, 0.2) is 0 Å². The lowest BCUT2D eigenvalue weighted by Gasteiger charge is -2.23. The van der Waals surface area contributed by atoms with Gasteiger partial charge in [-0.2, -0.15) is 0 Å². The van der Waals surface area contributed by atoms with Crippen molar-refractivity contribution < 1.29 is 23.9 Å². The van der Waals surface area contributed by atoms with E-state index in [1.54, 1.807) is 55.5 Å². The number of rotatable bonds is 12. The van der Waals surface area contributed by atoms with E-state index in [-0.39, 0.29) is 24.0 Å². The Morgan fingerprint density at radius 3 is 2.38 bits per heavy atom. The van der Waals surface area contributed by atoms with E-state index in [0.29, 0.717) is 27.7 Å². The first kappa shape index (κ1) is 36.3. The highest BCUT2D eigenvalue weighted by atomic mass is 32.2. The van der Waals surface area contributed by atoms with Crippen molar-refractivity contribution in [1.82, 2.24) is 5.32 Å². The van der Waals surface area contributed by atoms with Crippen LogP contribution in [-0.4, -0.2) is 36.1 Å². The standard InChI is InChI=1S/C42H39N3O5S2/c1-3-50-42(49)38-34-21-20-31(29-14-6-4-7-15-29)24-36(34)52-41(38)45-37(46)26-51-33-19-11-18-32(25-33)43-40(48)35(23-28-13-10-12-27(2)22-28)44-39(47)30-16-8-5-9-17-30/h4-19,22-23,25,31H,3,20-21,24,26H2,1-2H3,(H,43,48)(H,44,47)(H,45,46)/b35-23+. The van der Waals surface area contributed by atoms with E-state index in [2.05, 4.69) is 28.1 Å². The average Bonchev–Trinajstić information content (AvgIpc) is 3.51. The number of ether oxygens (including phenoxy) is 1. The molecular weight excluding hydrogens is 691 g/mol. The van der Waals surface area contributed by atoms with Crippen LogP contribution in [0.4, 0.5) is 10.7 Å². The molecule has 1 atom stereocenters. The molecule has 3 N–H and O–H groups in total. The number of benzene rings is 4. The van der Waals surface area contributed by atoms with E-state index >= 15 is 0 Å². The molecule has 6 rings (SSSR count). The number of hydrogen-bond acceptors (Lipinski definition) is 7. The zero-order chi connectivity index (χ0) is 36.5. The van der Waals surface area contributed by atoms with E-state index in [4.69, 9.17) is 4.74 Å². The summed E-state index contributed by atoms with van der Waals surface area (Å²) < 4.78 is 5.41. The minimum Gasteiger partial charge on any atom is -0.462 e. The first-order chi connectivity index (χ1) is 25.3. The molecule has 0 fully saturated rings. The lowest BCUT2D eigenvalue weighted by Crippen LogP contribution is -2.30. The maximum Gasteiger partial charge on any atom is 0.341 e. The lowest BCUT2D eigenvalue weighted by molar-refractivity contribution is -0.114. The van der Waals surface area contributed by atoms with Crippen molar-refractivity contribution in [3.05, 3.63) is 153 Å². The maximum atomic E-state index is 13.6. The summed E-state index contributed by atoms with van der Waals surface area (Å²) in [4.78, 5) is 54.8. The quantitative estimate of drug-likeness (QED) is 0.0673. The third-order valence-electron chi connectivity index (χ3n) is 8.61. The summed E-state index contributed by atoms with van der Waals surface area (Å²) in [5.41, 5.74) is 5.51. The molecule has 1 aliphatic carbocycles. The molecule has 4 aromatic carbocycles. The Balaban J connectivity index is 1.13. The van der Waals surface area contributed by atoms with Crippen LogP contribution in [0.5, 0.6) is 0 Å². The number of hydrogen-bond donors (Lipinski definition) is 3. The number of carbonyl (C=O) groups is 4. The number of aryl methyl sites for hydroxylation is 1. The van der Waals surface area contributed by atoms with Crippen molar-refractivity contribution in [1.29, 1.82) is 0 Å². The lowest BCUT2D eigenvalue weighted by atomic mass is 9.83. The molecule has 0 spiro atoms. The van der Waals surface area contributed by atoms with Crippen LogP contribution in [0.15, 0.2) is 120 Å². The van der Waals surface area contributed by atoms with Crippen LogP contribution in [0.25, 0.3) is 6.08 Å². The molecule has 1 aliphatic rings. The number of esters is 1. The van der Waals surface area contributed by atoms with Crippen molar-refractivity contribution in [2.24, 2.45) is 0 Å². The number of carbonyl (C=O) groups excluding carboxylic acids is 4. The summed E-state index contributed by atoms with van der Waals surface area (Å²) in [6.07, 6.45) is 4.09. The second-order valence-electron chi connectivity index (χ2n) is 12.4. The van der Waals surface area contributed by atoms with E-state index < -0.39 is 17.8 Å². The van der Waals surface area contributed by atoms with Gasteiger partial charge in [-0.1, -0.05) is 84.4 Å². The van der Waals surface area contributed by atoms with Gasteiger partial charge in [0.05, 0.1) is 17.9 Å². The van der Waals surface area contributed by atoms with Crippen molar-refractivity contribution in [3.8, 4) is 0 Å². The van der Waals surface area contributed by atoms with Crippen molar-refractivity contribution in [2.45, 2.75) is 43.9 Å². The Labute approximate surface area is 311 Å². The smallest absolute Gasteiger partial charge is 0.341 e. The fourth-order valence-electron chi connectivity index (χ4n) is 6.15. The molecule has 0 aliphatic heterocycles. The predicted octanol–water partition coefficient (Wildman–Crippen LogP) is 8.65. The normalized spacial score (nSPS) is 13.8. The van der Waals surface area contributed by atoms with Crippen LogP contribution < -0.4 is 16.0 Å². The van der Waals surface area contributed by atoms with Crippen LogP contribution >= 0.6 is 23.1 Å². The van der Waals surface area contributed by atoms with Gasteiger partial charge in [0.25, 0.3) is 11.8 Å². The fraction of sp³-hybridized carbons (Fsp3) is 0.190. The molecule has 8 nitrogen and oxygen atoms in total. The molecule has 0 saturated heterocycles. The van der Waals surface area contributed by atoms with E-state index in [0.717, 1.165) is 45.7 Å². The summed E-state index contributed by atoms with van der Waals surface area (Å²) in [5, 5.41) is 9.17. The van der Waals surface area contributed by atoms with Crippen LogP contribution in [-0.2, 0) is 27.2 Å². The van der Waals surface area contributed by atoms with Crippen LogP contribution in [0.2, 0.25) is 0 Å². The van der Waals surface area contributed by atoms with Gasteiger partial charge in [0.1, 0.15) is 10.7 Å². The molecule has 1 unspecified atom stereocenters. The molecule has 0 radical (unpaired) electrons. The third kappa shape index (κ3) is 9.25. The number of thiophene rings is 1. The largest absolute Gasteiger partial charge is 0.462 e. The van der Waals surface area contributed by atoms with Gasteiger partial charge in [0, 0.05) is 21.0 Å². The minimum atomic E-state index is -0.492. The van der Waals surface area contributed by atoms with Gasteiger partial charge in [-0.25, -0.2) is 4.79 Å². The zero-order valence-electron chi connectivity index (χ0n) is 28.9. The van der Waals surface area contributed by atoms with Crippen LogP contribution in [0.1, 0.15) is 67.1 Å². The van der Waals surface area contributed by atoms with Gasteiger partial charge in [-0.3, -0.25) is 14.4 Å². The van der Waals surface area contributed by atoms with E-state index in [1.807, 2.05) is 61.5 Å². The Kier molecular flexibility index (Phi) is 12.0. The molecule has 10 heteroatoms. The molecule has 264 valence electrons. The highest BCUT2D eigenvalue weighted by molar-refractivity contribution is 8.00. The number of fused-ring (bicyclic) bond motifs is 1. The molecule has 1 aromatic heterocycles. The second-order valence-corrected chi connectivity index (χ2v) is 14.5. The average molecular weight is 730 g/mol. The molecule has 5 aromatic rings. The molecule has 52 heavy (non-hydrogen) atoms. The first-order valence-corrected chi connectivity index (χ1v) is 18.9. The Hall–Kier alpha value is -5.45. The molecule has 0 bridgehead atoms.